The summed E-state index contributed by atoms with van der Waals surface area (Å²) in [5, 5.41) is 5.69. The van der Waals surface area contributed by atoms with Gasteiger partial charge in [0.25, 0.3) is 0 Å². The summed E-state index contributed by atoms with van der Waals surface area (Å²) in [4.78, 5) is 11.9. The predicted octanol–water partition coefficient (Wildman–Crippen LogP) is 5.38. The lowest BCUT2D eigenvalue weighted by molar-refractivity contribution is 0.262. The first-order valence-electron chi connectivity index (χ1n) is 8.04. The van der Waals surface area contributed by atoms with Crippen LogP contribution < -0.4 is 10.6 Å². The summed E-state index contributed by atoms with van der Waals surface area (Å²) in [6, 6.07) is 17.5. The molecule has 1 saturated carbocycles. The number of hydrogen-bond donors (Lipinski definition) is 2. The van der Waals surface area contributed by atoms with Gasteiger partial charge in [-0.25, -0.2) is 4.79 Å². The summed E-state index contributed by atoms with van der Waals surface area (Å²) in [6.07, 6.45) is 6.63. The Morgan fingerprint density at radius 2 is 1.36 bits per heavy atom. The van der Waals surface area contributed by atoms with Crippen LogP contribution in [0.2, 0.25) is 0 Å². The van der Waals surface area contributed by atoms with Gasteiger partial charge in [0.15, 0.2) is 0 Å². The maximum absolute atomic E-state index is 11.9. The smallest absolute Gasteiger partial charge is 0.308 e. The fraction of sp³-hybridized carbons (Fsp3) is 0.316. The van der Waals surface area contributed by atoms with Crippen LogP contribution in [0.4, 0.5) is 16.2 Å². The highest BCUT2D eigenvalue weighted by Gasteiger charge is 2.15. The maximum Gasteiger partial charge on any atom is 0.323 e. The molecule has 114 valence electrons. The van der Waals surface area contributed by atoms with E-state index in [-0.39, 0.29) is 6.03 Å². The van der Waals surface area contributed by atoms with Crippen molar-refractivity contribution in [1.82, 2.24) is 0 Å². The third kappa shape index (κ3) is 3.88. The van der Waals surface area contributed by atoms with E-state index >= 15 is 0 Å². The van der Waals surface area contributed by atoms with Gasteiger partial charge in [0.05, 0.1) is 0 Å². The fourth-order valence-electron chi connectivity index (χ4n) is 3.09. The Morgan fingerprint density at radius 1 is 0.773 bits per heavy atom. The van der Waals surface area contributed by atoms with Crippen LogP contribution in [0, 0.1) is 0 Å². The van der Waals surface area contributed by atoms with Gasteiger partial charge >= 0.3 is 6.03 Å². The molecule has 1 aliphatic rings. The third-order valence-electron chi connectivity index (χ3n) is 4.28. The number of rotatable bonds is 3. The summed E-state index contributed by atoms with van der Waals surface area (Å²) in [5.41, 5.74) is 3.01. The van der Waals surface area contributed by atoms with Crippen LogP contribution >= 0.6 is 0 Å². The van der Waals surface area contributed by atoms with E-state index in [1.807, 2.05) is 42.5 Å². The first-order chi connectivity index (χ1) is 10.8. The molecule has 2 N–H and O–H groups in total. The highest BCUT2D eigenvalue weighted by Crippen LogP contribution is 2.32. The lowest BCUT2D eigenvalue weighted by Gasteiger charge is -2.22. The van der Waals surface area contributed by atoms with E-state index < -0.39 is 0 Å². The number of anilines is 2. The van der Waals surface area contributed by atoms with Crippen molar-refractivity contribution in [2.24, 2.45) is 0 Å². The van der Waals surface area contributed by atoms with E-state index in [4.69, 9.17) is 0 Å². The second kappa shape index (κ2) is 7.12. The highest BCUT2D eigenvalue weighted by atomic mass is 16.2. The van der Waals surface area contributed by atoms with E-state index in [1.54, 1.807) is 0 Å². The van der Waals surface area contributed by atoms with Crippen molar-refractivity contribution in [1.29, 1.82) is 0 Å². The molecule has 2 amide bonds. The van der Waals surface area contributed by atoms with Gasteiger partial charge < -0.3 is 10.6 Å². The number of carbonyl (C=O) groups excluding carboxylic acids is 1. The van der Waals surface area contributed by atoms with Crippen molar-refractivity contribution in [2.75, 3.05) is 10.6 Å². The third-order valence-corrected chi connectivity index (χ3v) is 4.28. The molecule has 0 atom stereocenters. The van der Waals surface area contributed by atoms with Crippen LogP contribution in [-0.4, -0.2) is 6.03 Å². The number of amides is 2. The summed E-state index contributed by atoms with van der Waals surface area (Å²) in [7, 11) is 0. The van der Waals surface area contributed by atoms with Crippen LogP contribution in [-0.2, 0) is 0 Å². The first kappa shape index (κ1) is 14.6. The van der Waals surface area contributed by atoms with Gasteiger partial charge in [-0.2, -0.15) is 0 Å². The lowest BCUT2D eigenvalue weighted by atomic mass is 9.84. The molecule has 1 aliphatic carbocycles. The second-order valence-electron chi connectivity index (χ2n) is 5.90. The van der Waals surface area contributed by atoms with E-state index in [0.717, 1.165) is 11.4 Å². The van der Waals surface area contributed by atoms with Gasteiger partial charge in [-0.05, 0) is 48.6 Å². The average Bonchev–Trinajstić information content (AvgIpc) is 2.57. The minimum atomic E-state index is -0.211. The number of nitrogens with one attached hydrogen (secondary N) is 2. The van der Waals surface area contributed by atoms with Crippen LogP contribution in [0.5, 0.6) is 0 Å². The van der Waals surface area contributed by atoms with Crippen molar-refractivity contribution in [3.05, 3.63) is 60.2 Å². The Labute approximate surface area is 131 Å². The summed E-state index contributed by atoms with van der Waals surface area (Å²) in [6.45, 7) is 0. The molecule has 0 radical (unpaired) electrons. The lowest BCUT2D eigenvalue weighted by Crippen LogP contribution is -2.19. The molecule has 1 fully saturated rings. The van der Waals surface area contributed by atoms with Crippen LogP contribution in [0.15, 0.2) is 54.6 Å². The van der Waals surface area contributed by atoms with E-state index in [0.29, 0.717) is 5.92 Å². The van der Waals surface area contributed by atoms with Crippen molar-refractivity contribution < 1.29 is 4.79 Å². The molecule has 0 aromatic heterocycles. The molecule has 0 aliphatic heterocycles. The molecule has 0 heterocycles. The van der Waals surface area contributed by atoms with E-state index in [1.165, 1.54) is 37.7 Å². The number of benzene rings is 2. The van der Waals surface area contributed by atoms with Crippen molar-refractivity contribution in [3.8, 4) is 0 Å². The van der Waals surface area contributed by atoms with Gasteiger partial charge in [0, 0.05) is 11.4 Å². The Hall–Kier alpha value is -2.29. The zero-order valence-electron chi connectivity index (χ0n) is 12.7. The molecule has 0 unspecified atom stereocenters. The van der Waals surface area contributed by atoms with Crippen molar-refractivity contribution in [3.63, 3.8) is 0 Å². The SMILES string of the molecule is O=C(Nc1ccccc1)Nc1ccc(C2CCCCC2)cc1. The summed E-state index contributed by atoms with van der Waals surface area (Å²) in [5.74, 6) is 0.695. The standard InChI is InChI=1S/C19H22N2O/c22-19(20-17-9-5-2-6-10-17)21-18-13-11-16(12-14-18)15-7-3-1-4-8-15/h2,5-6,9-15H,1,3-4,7-8H2,(H2,20,21,22). The van der Waals surface area contributed by atoms with Crippen LogP contribution in [0.1, 0.15) is 43.6 Å². The predicted molar refractivity (Wildman–Crippen MR) is 91.4 cm³/mol. The summed E-state index contributed by atoms with van der Waals surface area (Å²) >= 11 is 0. The van der Waals surface area contributed by atoms with Gasteiger partial charge in [-0.3, -0.25) is 0 Å². The highest BCUT2D eigenvalue weighted by molar-refractivity contribution is 5.99. The van der Waals surface area contributed by atoms with E-state index in [9.17, 15) is 4.79 Å². The van der Waals surface area contributed by atoms with Crippen molar-refractivity contribution in [2.45, 2.75) is 38.0 Å². The number of urea groups is 1. The molecule has 0 spiro atoms. The molecule has 0 bridgehead atoms. The Morgan fingerprint density at radius 3 is 2.00 bits per heavy atom. The van der Waals surface area contributed by atoms with Gasteiger partial charge in [-0.1, -0.05) is 49.6 Å². The molecule has 3 nitrogen and oxygen atoms in total. The van der Waals surface area contributed by atoms with Crippen LogP contribution in [0.3, 0.4) is 0 Å². The van der Waals surface area contributed by atoms with Gasteiger partial charge in [0.2, 0.25) is 0 Å². The number of hydrogen-bond acceptors (Lipinski definition) is 1. The quantitative estimate of drug-likeness (QED) is 0.784. The largest absolute Gasteiger partial charge is 0.323 e. The molecular weight excluding hydrogens is 272 g/mol. The normalized spacial score (nSPS) is 15.3. The zero-order chi connectivity index (χ0) is 15.2. The monoisotopic (exact) mass is 294 g/mol. The second-order valence-corrected chi connectivity index (χ2v) is 5.90. The topological polar surface area (TPSA) is 41.1 Å². The molecule has 3 rings (SSSR count). The molecule has 2 aromatic rings. The number of carbonyl (C=O) groups is 1. The molecule has 2 aromatic carbocycles. The Balaban J connectivity index is 1.57. The molecule has 0 saturated heterocycles. The Kier molecular flexibility index (Phi) is 4.74. The van der Waals surface area contributed by atoms with E-state index in [2.05, 4.69) is 22.8 Å². The van der Waals surface area contributed by atoms with Crippen LogP contribution in [0.25, 0.3) is 0 Å². The summed E-state index contributed by atoms with van der Waals surface area (Å²) < 4.78 is 0. The van der Waals surface area contributed by atoms with Gasteiger partial charge in [0.1, 0.15) is 0 Å². The zero-order valence-corrected chi connectivity index (χ0v) is 12.7. The molecule has 3 heteroatoms. The average molecular weight is 294 g/mol. The minimum Gasteiger partial charge on any atom is -0.308 e. The fourth-order valence-corrected chi connectivity index (χ4v) is 3.09. The minimum absolute atomic E-state index is 0.211. The maximum atomic E-state index is 11.9. The Bertz CT molecular complexity index is 601. The van der Waals surface area contributed by atoms with Crippen molar-refractivity contribution >= 4 is 17.4 Å². The molecule has 22 heavy (non-hydrogen) atoms. The molecular formula is C19H22N2O. The first-order valence-corrected chi connectivity index (χ1v) is 8.04. The van der Waals surface area contributed by atoms with Gasteiger partial charge in [-0.15, -0.1) is 0 Å². The number of para-hydroxylation sites is 1.